The molecule has 0 bridgehead atoms. The number of hydrogen-bond donors (Lipinski definition) is 2. The minimum absolute atomic E-state index is 0.341. The van der Waals surface area contributed by atoms with E-state index in [9.17, 15) is 4.79 Å². The molecule has 3 rings (SSSR count). The summed E-state index contributed by atoms with van der Waals surface area (Å²) in [6.07, 6.45) is 1.60. The van der Waals surface area contributed by atoms with Crippen LogP contribution in [-0.2, 0) is 0 Å². The third-order valence-corrected chi connectivity index (χ3v) is 3.92. The fourth-order valence-corrected chi connectivity index (χ4v) is 2.50. The van der Waals surface area contributed by atoms with E-state index in [-0.39, 0.29) is 5.91 Å². The number of hydrazone groups is 1. The second kappa shape index (κ2) is 6.55. The molecule has 22 heavy (non-hydrogen) atoms. The molecule has 0 aliphatic rings. The molecule has 0 spiro atoms. The number of carbonyl (C=O) groups excluding carboxylic acids is 1. The first-order chi connectivity index (χ1) is 10.7. The van der Waals surface area contributed by atoms with Gasteiger partial charge in [0.2, 0.25) is 0 Å². The Morgan fingerprint density at radius 3 is 2.86 bits per heavy atom. The SMILES string of the molecule is O=C(N/N=C/c1cccs1)c1cc(-c2ccc(Cl)cc2)n[nH]1. The number of carbonyl (C=O) groups is 1. The lowest BCUT2D eigenvalue weighted by Gasteiger charge is -1.95. The van der Waals surface area contributed by atoms with Crippen LogP contribution < -0.4 is 5.43 Å². The van der Waals surface area contributed by atoms with E-state index < -0.39 is 0 Å². The third-order valence-electron chi connectivity index (χ3n) is 2.86. The van der Waals surface area contributed by atoms with Gasteiger partial charge in [-0.3, -0.25) is 9.89 Å². The first-order valence-corrected chi connectivity index (χ1v) is 7.66. The van der Waals surface area contributed by atoms with Crippen molar-refractivity contribution in [2.24, 2.45) is 5.10 Å². The number of hydrogen-bond acceptors (Lipinski definition) is 4. The van der Waals surface area contributed by atoms with E-state index in [1.807, 2.05) is 29.6 Å². The molecule has 1 aromatic carbocycles. The quantitative estimate of drug-likeness (QED) is 0.567. The van der Waals surface area contributed by atoms with E-state index in [0.29, 0.717) is 16.4 Å². The van der Waals surface area contributed by atoms with Crippen molar-refractivity contribution in [3.05, 3.63) is 63.4 Å². The van der Waals surface area contributed by atoms with Gasteiger partial charge in [0.1, 0.15) is 5.69 Å². The van der Waals surface area contributed by atoms with E-state index in [2.05, 4.69) is 20.7 Å². The summed E-state index contributed by atoms with van der Waals surface area (Å²) in [6.45, 7) is 0. The molecule has 2 heterocycles. The zero-order chi connectivity index (χ0) is 15.4. The normalized spacial score (nSPS) is 11.0. The zero-order valence-corrected chi connectivity index (χ0v) is 12.9. The van der Waals surface area contributed by atoms with Gasteiger partial charge in [0, 0.05) is 15.5 Å². The van der Waals surface area contributed by atoms with Crippen molar-refractivity contribution in [2.75, 3.05) is 0 Å². The average molecular weight is 331 g/mol. The van der Waals surface area contributed by atoms with Gasteiger partial charge in [-0.25, -0.2) is 5.43 Å². The van der Waals surface area contributed by atoms with Crippen molar-refractivity contribution in [1.29, 1.82) is 0 Å². The van der Waals surface area contributed by atoms with E-state index >= 15 is 0 Å². The van der Waals surface area contributed by atoms with Crippen LogP contribution in [0.2, 0.25) is 5.02 Å². The molecule has 7 heteroatoms. The van der Waals surface area contributed by atoms with Gasteiger partial charge in [0.25, 0.3) is 5.91 Å². The number of aromatic nitrogens is 2. The van der Waals surface area contributed by atoms with Gasteiger partial charge in [-0.2, -0.15) is 10.2 Å². The number of aromatic amines is 1. The number of amides is 1. The van der Waals surface area contributed by atoms with Crippen molar-refractivity contribution in [1.82, 2.24) is 15.6 Å². The smallest absolute Gasteiger partial charge is 0.272 e. The second-order valence-electron chi connectivity index (χ2n) is 4.39. The Kier molecular flexibility index (Phi) is 4.32. The molecule has 0 saturated carbocycles. The van der Waals surface area contributed by atoms with E-state index in [1.54, 1.807) is 35.8 Å². The van der Waals surface area contributed by atoms with Gasteiger partial charge in [0.15, 0.2) is 0 Å². The Bertz CT molecular complexity index is 793. The molecule has 0 fully saturated rings. The van der Waals surface area contributed by atoms with Gasteiger partial charge >= 0.3 is 0 Å². The standard InChI is InChI=1S/C15H11ClN4OS/c16-11-5-3-10(4-6-11)13-8-14(19-18-13)15(21)20-17-9-12-2-1-7-22-12/h1-9H,(H,18,19)(H,20,21)/b17-9+. The Morgan fingerprint density at radius 2 is 2.14 bits per heavy atom. The lowest BCUT2D eigenvalue weighted by molar-refractivity contribution is 0.0950. The fourth-order valence-electron chi connectivity index (χ4n) is 1.79. The number of nitrogens with one attached hydrogen (secondary N) is 2. The largest absolute Gasteiger partial charge is 0.289 e. The Hall–Kier alpha value is -2.44. The molecule has 2 N–H and O–H groups in total. The van der Waals surface area contributed by atoms with E-state index in [4.69, 9.17) is 11.6 Å². The maximum atomic E-state index is 12.0. The average Bonchev–Trinajstić information content (AvgIpc) is 3.19. The number of rotatable bonds is 4. The number of benzene rings is 1. The number of H-pyrrole nitrogens is 1. The summed E-state index contributed by atoms with van der Waals surface area (Å²) in [6, 6.07) is 12.7. The molecule has 0 saturated heterocycles. The first-order valence-electron chi connectivity index (χ1n) is 6.40. The number of thiophene rings is 1. The Labute approximate surface area is 135 Å². The van der Waals surface area contributed by atoms with Crippen LogP contribution in [0.1, 0.15) is 15.4 Å². The Morgan fingerprint density at radius 1 is 1.32 bits per heavy atom. The van der Waals surface area contributed by atoms with Crippen LogP contribution in [-0.4, -0.2) is 22.3 Å². The highest BCUT2D eigenvalue weighted by Gasteiger charge is 2.10. The van der Waals surface area contributed by atoms with Crippen LogP contribution in [0.5, 0.6) is 0 Å². The van der Waals surface area contributed by atoms with Crippen molar-refractivity contribution < 1.29 is 4.79 Å². The fraction of sp³-hybridized carbons (Fsp3) is 0. The number of nitrogens with zero attached hydrogens (tertiary/aromatic N) is 2. The zero-order valence-electron chi connectivity index (χ0n) is 11.3. The summed E-state index contributed by atoms with van der Waals surface area (Å²) in [5.74, 6) is -0.347. The summed E-state index contributed by atoms with van der Waals surface area (Å²) >= 11 is 7.39. The molecule has 110 valence electrons. The predicted octanol–water partition coefficient (Wildman–Crippen LogP) is 3.56. The molecular weight excluding hydrogens is 320 g/mol. The third kappa shape index (κ3) is 3.41. The molecule has 0 radical (unpaired) electrons. The van der Waals surface area contributed by atoms with Crippen molar-refractivity contribution >= 4 is 35.1 Å². The first kappa shape index (κ1) is 14.5. The van der Waals surface area contributed by atoms with E-state index in [1.165, 1.54) is 0 Å². The van der Waals surface area contributed by atoms with Crippen molar-refractivity contribution in [3.63, 3.8) is 0 Å². The topological polar surface area (TPSA) is 70.1 Å². The van der Waals surface area contributed by atoms with Gasteiger partial charge < -0.3 is 0 Å². The van der Waals surface area contributed by atoms with Crippen LogP contribution in [0.3, 0.4) is 0 Å². The highest BCUT2D eigenvalue weighted by molar-refractivity contribution is 7.11. The lowest BCUT2D eigenvalue weighted by atomic mass is 10.1. The molecule has 0 aliphatic heterocycles. The van der Waals surface area contributed by atoms with Crippen LogP contribution in [0.4, 0.5) is 0 Å². The molecule has 3 aromatic rings. The van der Waals surface area contributed by atoms with Gasteiger partial charge in [0.05, 0.1) is 11.9 Å². The summed E-state index contributed by atoms with van der Waals surface area (Å²) in [5.41, 5.74) is 4.34. The van der Waals surface area contributed by atoms with Crippen molar-refractivity contribution in [2.45, 2.75) is 0 Å². The number of halogens is 1. The molecule has 2 aromatic heterocycles. The second-order valence-corrected chi connectivity index (χ2v) is 5.80. The van der Waals surface area contributed by atoms with Crippen LogP contribution in [0.15, 0.2) is 52.9 Å². The molecule has 0 atom stereocenters. The Balaban J connectivity index is 1.68. The highest BCUT2D eigenvalue weighted by atomic mass is 35.5. The predicted molar refractivity (Wildman–Crippen MR) is 88.4 cm³/mol. The summed E-state index contributed by atoms with van der Waals surface area (Å²) in [7, 11) is 0. The maximum Gasteiger partial charge on any atom is 0.289 e. The summed E-state index contributed by atoms with van der Waals surface area (Å²) in [4.78, 5) is 12.9. The van der Waals surface area contributed by atoms with Crippen LogP contribution in [0.25, 0.3) is 11.3 Å². The summed E-state index contributed by atoms with van der Waals surface area (Å²) < 4.78 is 0. The monoisotopic (exact) mass is 330 g/mol. The molecule has 5 nitrogen and oxygen atoms in total. The maximum absolute atomic E-state index is 12.0. The van der Waals surface area contributed by atoms with Gasteiger partial charge in [-0.05, 0) is 29.6 Å². The minimum Gasteiger partial charge on any atom is -0.272 e. The molecule has 0 unspecified atom stereocenters. The molecular formula is C15H11ClN4OS. The highest BCUT2D eigenvalue weighted by Crippen LogP contribution is 2.20. The van der Waals surface area contributed by atoms with Gasteiger partial charge in [-0.1, -0.05) is 29.8 Å². The minimum atomic E-state index is -0.347. The van der Waals surface area contributed by atoms with Crippen LogP contribution >= 0.6 is 22.9 Å². The molecule has 1 amide bonds. The summed E-state index contributed by atoms with van der Waals surface area (Å²) in [5, 5.41) is 13.3. The van der Waals surface area contributed by atoms with Gasteiger partial charge in [-0.15, -0.1) is 11.3 Å². The van der Waals surface area contributed by atoms with Crippen molar-refractivity contribution in [3.8, 4) is 11.3 Å². The van der Waals surface area contributed by atoms with E-state index in [0.717, 1.165) is 10.4 Å². The van der Waals surface area contributed by atoms with Crippen LogP contribution in [0, 0.1) is 0 Å². The molecule has 0 aliphatic carbocycles. The lowest BCUT2D eigenvalue weighted by Crippen LogP contribution is -2.17.